The minimum absolute atomic E-state index is 0.147. The highest BCUT2D eigenvalue weighted by molar-refractivity contribution is 6.30. The first kappa shape index (κ1) is 17.5. The van der Waals surface area contributed by atoms with Gasteiger partial charge in [-0.25, -0.2) is 4.39 Å². The van der Waals surface area contributed by atoms with Crippen LogP contribution in [0.3, 0.4) is 0 Å². The molecule has 0 N–H and O–H groups in total. The van der Waals surface area contributed by atoms with E-state index in [2.05, 4.69) is 19.1 Å². The quantitative estimate of drug-likeness (QED) is 0.440. The summed E-state index contributed by atoms with van der Waals surface area (Å²) in [5.41, 5.74) is 2.85. The van der Waals surface area contributed by atoms with Gasteiger partial charge in [0.2, 0.25) is 0 Å². The molecular weight excluding hydrogens is 343 g/mol. The third-order valence-electron chi connectivity index (χ3n) is 6.03. The Balaban J connectivity index is 1.66. The van der Waals surface area contributed by atoms with Crippen molar-refractivity contribution in [3.05, 3.63) is 71.0 Å². The fourth-order valence-electron chi connectivity index (χ4n) is 4.32. The molecule has 1 fully saturated rings. The first-order valence-corrected chi connectivity index (χ1v) is 10.0. The molecule has 0 radical (unpaired) electrons. The van der Waals surface area contributed by atoms with Crippen molar-refractivity contribution in [2.24, 2.45) is 5.92 Å². The predicted molar refractivity (Wildman–Crippen MR) is 109 cm³/mol. The zero-order chi connectivity index (χ0) is 18.1. The minimum Gasteiger partial charge on any atom is -0.206 e. The van der Waals surface area contributed by atoms with Crippen LogP contribution in [0.1, 0.15) is 50.5 Å². The first-order valence-electron chi connectivity index (χ1n) is 9.64. The normalized spacial score (nSPS) is 20.4. The summed E-state index contributed by atoms with van der Waals surface area (Å²) >= 11 is 5.95. The minimum atomic E-state index is -0.147. The van der Waals surface area contributed by atoms with Gasteiger partial charge in [0.05, 0.1) is 0 Å². The maximum absolute atomic E-state index is 15.1. The van der Waals surface area contributed by atoms with Crippen LogP contribution in [-0.4, -0.2) is 0 Å². The number of hydrogen-bond donors (Lipinski definition) is 0. The Morgan fingerprint density at radius 2 is 1.65 bits per heavy atom. The maximum atomic E-state index is 15.1. The van der Waals surface area contributed by atoms with E-state index in [4.69, 9.17) is 11.6 Å². The molecular formula is C24H24ClF. The van der Waals surface area contributed by atoms with Gasteiger partial charge in [-0.3, -0.25) is 0 Å². The summed E-state index contributed by atoms with van der Waals surface area (Å²) in [7, 11) is 0. The third kappa shape index (κ3) is 3.38. The highest BCUT2D eigenvalue weighted by Crippen LogP contribution is 2.38. The second kappa shape index (κ2) is 7.40. The van der Waals surface area contributed by atoms with Gasteiger partial charge in [-0.15, -0.1) is 0 Å². The fraction of sp³-hybridized carbons (Fsp3) is 0.333. The molecule has 0 aromatic heterocycles. The first-order chi connectivity index (χ1) is 12.7. The molecule has 0 spiro atoms. The van der Waals surface area contributed by atoms with E-state index in [0.717, 1.165) is 16.9 Å². The largest absolute Gasteiger partial charge is 0.206 e. The number of benzene rings is 3. The molecule has 0 unspecified atom stereocenters. The Bertz CT molecular complexity index is 905. The van der Waals surface area contributed by atoms with Crippen molar-refractivity contribution in [2.45, 2.75) is 44.9 Å². The van der Waals surface area contributed by atoms with Crippen molar-refractivity contribution in [1.82, 2.24) is 0 Å². The molecule has 0 amide bonds. The molecule has 1 aliphatic carbocycles. The Morgan fingerprint density at radius 3 is 2.35 bits per heavy atom. The van der Waals surface area contributed by atoms with Gasteiger partial charge in [-0.2, -0.15) is 0 Å². The van der Waals surface area contributed by atoms with E-state index >= 15 is 4.39 Å². The summed E-state index contributed by atoms with van der Waals surface area (Å²) in [6.45, 7) is 2.29. The Hall–Kier alpha value is -1.86. The highest BCUT2D eigenvalue weighted by atomic mass is 35.5. The van der Waals surface area contributed by atoms with Crippen LogP contribution in [0.25, 0.3) is 21.9 Å². The lowest BCUT2D eigenvalue weighted by atomic mass is 9.77. The van der Waals surface area contributed by atoms with Crippen LogP contribution < -0.4 is 0 Å². The Labute approximate surface area is 160 Å². The molecule has 3 aromatic carbocycles. The van der Waals surface area contributed by atoms with Crippen molar-refractivity contribution in [3.8, 4) is 11.1 Å². The molecule has 0 heterocycles. The summed E-state index contributed by atoms with van der Waals surface area (Å²) in [6.07, 6.45) is 6.46. The second-order valence-electron chi connectivity index (χ2n) is 7.54. The average molecular weight is 367 g/mol. The lowest BCUT2D eigenvalue weighted by Gasteiger charge is -2.28. The number of hydrogen-bond acceptors (Lipinski definition) is 0. The number of halogens is 2. The SMILES string of the molecule is CCC1CCC(c2ccc3c(F)c(-c4ccc(Cl)cc4)ccc3c2)CC1. The van der Waals surface area contributed by atoms with E-state index in [-0.39, 0.29) is 5.82 Å². The van der Waals surface area contributed by atoms with E-state index in [9.17, 15) is 0 Å². The molecule has 4 rings (SSSR count). The smallest absolute Gasteiger partial charge is 0.138 e. The molecule has 0 bridgehead atoms. The van der Waals surface area contributed by atoms with Gasteiger partial charge >= 0.3 is 0 Å². The molecule has 0 saturated heterocycles. The summed E-state index contributed by atoms with van der Waals surface area (Å²) in [5, 5.41) is 2.36. The van der Waals surface area contributed by atoms with Gasteiger partial charge < -0.3 is 0 Å². The molecule has 1 aliphatic rings. The lowest BCUT2D eigenvalue weighted by Crippen LogP contribution is -2.12. The van der Waals surface area contributed by atoms with Crippen molar-refractivity contribution in [2.75, 3.05) is 0 Å². The Morgan fingerprint density at radius 1 is 0.923 bits per heavy atom. The zero-order valence-corrected chi connectivity index (χ0v) is 15.9. The van der Waals surface area contributed by atoms with E-state index in [1.807, 2.05) is 30.3 Å². The van der Waals surface area contributed by atoms with Crippen LogP contribution in [0.15, 0.2) is 54.6 Å². The summed E-state index contributed by atoms with van der Waals surface area (Å²) in [5.74, 6) is 1.37. The highest BCUT2D eigenvalue weighted by Gasteiger charge is 2.21. The summed E-state index contributed by atoms with van der Waals surface area (Å²) in [6, 6.07) is 17.6. The average Bonchev–Trinajstić information content (AvgIpc) is 2.69. The number of rotatable bonds is 3. The molecule has 0 atom stereocenters. The van der Waals surface area contributed by atoms with E-state index in [1.165, 1.54) is 37.7 Å². The van der Waals surface area contributed by atoms with Gasteiger partial charge in [0.25, 0.3) is 0 Å². The molecule has 0 nitrogen and oxygen atoms in total. The molecule has 26 heavy (non-hydrogen) atoms. The van der Waals surface area contributed by atoms with Crippen LogP contribution in [-0.2, 0) is 0 Å². The topological polar surface area (TPSA) is 0 Å². The molecule has 134 valence electrons. The molecule has 0 aliphatic heterocycles. The van der Waals surface area contributed by atoms with Crippen LogP contribution in [0, 0.1) is 11.7 Å². The summed E-state index contributed by atoms with van der Waals surface area (Å²) < 4.78 is 15.1. The maximum Gasteiger partial charge on any atom is 0.138 e. The van der Waals surface area contributed by atoms with Crippen molar-refractivity contribution in [3.63, 3.8) is 0 Å². The lowest BCUT2D eigenvalue weighted by molar-refractivity contribution is 0.319. The fourth-order valence-corrected chi connectivity index (χ4v) is 4.45. The van der Waals surface area contributed by atoms with Gasteiger partial charge in [-0.1, -0.05) is 67.4 Å². The van der Waals surface area contributed by atoms with Gasteiger partial charge in [-0.05, 0) is 66.2 Å². The standard InChI is InChI=1S/C24H24ClF/c1-2-16-3-5-17(6-4-16)19-9-13-23-20(15-19)10-14-22(24(23)26)18-7-11-21(25)12-8-18/h7-17H,2-6H2,1H3. The van der Waals surface area contributed by atoms with Gasteiger partial charge in [0, 0.05) is 16.0 Å². The van der Waals surface area contributed by atoms with Crippen LogP contribution in [0.4, 0.5) is 4.39 Å². The van der Waals surface area contributed by atoms with Crippen LogP contribution in [0.5, 0.6) is 0 Å². The van der Waals surface area contributed by atoms with Gasteiger partial charge in [0.1, 0.15) is 5.82 Å². The Kier molecular flexibility index (Phi) is 5.00. The summed E-state index contributed by atoms with van der Waals surface area (Å²) in [4.78, 5) is 0. The van der Waals surface area contributed by atoms with E-state index in [1.54, 1.807) is 12.1 Å². The third-order valence-corrected chi connectivity index (χ3v) is 6.28. The van der Waals surface area contributed by atoms with Crippen molar-refractivity contribution in [1.29, 1.82) is 0 Å². The number of fused-ring (bicyclic) bond motifs is 1. The second-order valence-corrected chi connectivity index (χ2v) is 7.98. The monoisotopic (exact) mass is 366 g/mol. The zero-order valence-electron chi connectivity index (χ0n) is 15.1. The van der Waals surface area contributed by atoms with Crippen molar-refractivity contribution < 1.29 is 4.39 Å². The molecule has 2 heteroatoms. The molecule has 1 saturated carbocycles. The predicted octanol–water partition coefficient (Wildman–Crippen LogP) is 7.98. The van der Waals surface area contributed by atoms with Crippen LogP contribution >= 0.6 is 11.6 Å². The van der Waals surface area contributed by atoms with Crippen molar-refractivity contribution >= 4 is 22.4 Å². The van der Waals surface area contributed by atoms with E-state index < -0.39 is 0 Å². The van der Waals surface area contributed by atoms with Gasteiger partial charge in [0.15, 0.2) is 0 Å². The van der Waals surface area contributed by atoms with Crippen LogP contribution in [0.2, 0.25) is 5.02 Å². The molecule has 3 aromatic rings. The van der Waals surface area contributed by atoms with E-state index in [0.29, 0.717) is 21.9 Å².